The number of fused-ring (bicyclic) bond motifs is 1. The van der Waals surface area contributed by atoms with Crippen molar-refractivity contribution in [1.82, 2.24) is 15.4 Å². The van der Waals surface area contributed by atoms with Crippen LogP contribution in [0.2, 0.25) is 0 Å². The standard InChI is InChI=1S/C22H22N4O3/c1-25-14-18(17-6-2-3-7-19(17)25)22(29)24-23-21(28)15-9-11-16(12-10-15)26-13-5-4-8-20(26)27/h2-3,6-7,9-12,14H,4-5,8,13H2,1H3,(H,23,28)(H,24,29). The monoisotopic (exact) mass is 390 g/mol. The molecule has 2 heterocycles. The lowest BCUT2D eigenvalue weighted by Gasteiger charge is -2.26. The van der Waals surface area contributed by atoms with Crippen LogP contribution in [0, 0.1) is 0 Å². The van der Waals surface area contributed by atoms with E-state index in [1.807, 2.05) is 35.9 Å². The minimum Gasteiger partial charge on any atom is -0.350 e. The number of hydrazine groups is 1. The summed E-state index contributed by atoms with van der Waals surface area (Å²) in [5.74, 6) is -0.698. The second-order valence-corrected chi connectivity index (χ2v) is 7.13. The highest BCUT2D eigenvalue weighted by Gasteiger charge is 2.20. The van der Waals surface area contributed by atoms with Gasteiger partial charge in [0.1, 0.15) is 0 Å². The normalized spacial score (nSPS) is 14.1. The van der Waals surface area contributed by atoms with Gasteiger partial charge in [0.25, 0.3) is 11.8 Å². The Kier molecular flexibility index (Phi) is 5.03. The van der Waals surface area contributed by atoms with Crippen LogP contribution >= 0.6 is 0 Å². The third kappa shape index (κ3) is 3.71. The van der Waals surface area contributed by atoms with E-state index in [0.29, 0.717) is 24.1 Å². The van der Waals surface area contributed by atoms with Gasteiger partial charge in [0, 0.05) is 48.4 Å². The third-order valence-electron chi connectivity index (χ3n) is 5.20. The van der Waals surface area contributed by atoms with Crippen molar-refractivity contribution < 1.29 is 14.4 Å². The van der Waals surface area contributed by atoms with E-state index in [-0.39, 0.29) is 11.8 Å². The second-order valence-electron chi connectivity index (χ2n) is 7.13. The molecular weight excluding hydrogens is 368 g/mol. The number of nitrogens with zero attached hydrogens (tertiary/aromatic N) is 2. The summed E-state index contributed by atoms with van der Waals surface area (Å²) in [6, 6.07) is 14.4. The number of amides is 3. The summed E-state index contributed by atoms with van der Waals surface area (Å²) in [5.41, 5.74) is 7.53. The van der Waals surface area contributed by atoms with Crippen LogP contribution in [-0.4, -0.2) is 28.8 Å². The Balaban J connectivity index is 1.41. The van der Waals surface area contributed by atoms with Gasteiger partial charge in [0.2, 0.25) is 5.91 Å². The molecule has 4 rings (SSSR count). The molecular formula is C22H22N4O3. The number of hydrogen-bond donors (Lipinski definition) is 2. The van der Waals surface area contributed by atoms with Gasteiger partial charge in [-0.15, -0.1) is 0 Å². The fraction of sp³-hybridized carbons (Fsp3) is 0.227. The smallest absolute Gasteiger partial charge is 0.271 e. The molecule has 7 nitrogen and oxygen atoms in total. The lowest BCUT2D eigenvalue weighted by Crippen LogP contribution is -2.41. The van der Waals surface area contributed by atoms with E-state index in [1.54, 1.807) is 35.4 Å². The van der Waals surface area contributed by atoms with E-state index in [4.69, 9.17) is 0 Å². The zero-order chi connectivity index (χ0) is 20.4. The summed E-state index contributed by atoms with van der Waals surface area (Å²) in [6.45, 7) is 0.700. The molecule has 0 saturated carbocycles. The number of rotatable bonds is 3. The molecule has 0 atom stereocenters. The van der Waals surface area contributed by atoms with E-state index in [2.05, 4.69) is 10.9 Å². The van der Waals surface area contributed by atoms with Gasteiger partial charge in [-0.1, -0.05) is 18.2 Å². The van der Waals surface area contributed by atoms with Gasteiger partial charge < -0.3 is 9.47 Å². The average Bonchev–Trinajstić information content (AvgIpc) is 3.09. The van der Waals surface area contributed by atoms with Crippen molar-refractivity contribution in [2.45, 2.75) is 19.3 Å². The summed E-state index contributed by atoms with van der Waals surface area (Å²) in [5, 5.41) is 0.817. The lowest BCUT2D eigenvalue weighted by molar-refractivity contribution is -0.119. The lowest BCUT2D eigenvalue weighted by atomic mass is 10.1. The van der Waals surface area contributed by atoms with Crippen LogP contribution in [0.5, 0.6) is 0 Å². The van der Waals surface area contributed by atoms with Gasteiger partial charge in [-0.3, -0.25) is 25.2 Å². The number of carbonyl (C=O) groups excluding carboxylic acids is 3. The van der Waals surface area contributed by atoms with Crippen molar-refractivity contribution in [3.05, 3.63) is 65.9 Å². The zero-order valence-electron chi connectivity index (χ0n) is 16.1. The summed E-state index contributed by atoms with van der Waals surface area (Å²) < 4.78 is 1.87. The molecule has 29 heavy (non-hydrogen) atoms. The van der Waals surface area contributed by atoms with Crippen molar-refractivity contribution in [2.75, 3.05) is 11.4 Å². The van der Waals surface area contributed by atoms with Crippen molar-refractivity contribution in [1.29, 1.82) is 0 Å². The molecule has 1 fully saturated rings. The second kappa shape index (κ2) is 7.79. The Morgan fingerprint density at radius 2 is 1.66 bits per heavy atom. The molecule has 1 aliphatic rings. The summed E-state index contributed by atoms with van der Waals surface area (Å²) in [7, 11) is 1.87. The molecule has 3 amide bonds. The van der Waals surface area contributed by atoms with Crippen molar-refractivity contribution >= 4 is 34.3 Å². The fourth-order valence-corrected chi connectivity index (χ4v) is 3.65. The van der Waals surface area contributed by atoms with Crippen molar-refractivity contribution in [3.63, 3.8) is 0 Å². The van der Waals surface area contributed by atoms with Crippen molar-refractivity contribution in [2.24, 2.45) is 7.05 Å². The Bertz CT molecular complexity index is 1090. The van der Waals surface area contributed by atoms with Crippen LogP contribution in [0.25, 0.3) is 10.9 Å². The number of aryl methyl sites for hydroxylation is 1. The topological polar surface area (TPSA) is 83.4 Å². The Morgan fingerprint density at radius 3 is 2.41 bits per heavy atom. The molecule has 148 valence electrons. The zero-order valence-corrected chi connectivity index (χ0v) is 16.1. The number of benzene rings is 2. The SMILES string of the molecule is Cn1cc(C(=O)NNC(=O)c2ccc(N3CCCCC3=O)cc2)c2ccccc21. The molecule has 7 heteroatoms. The van der Waals surface area contributed by atoms with Crippen LogP contribution in [0.3, 0.4) is 0 Å². The predicted molar refractivity (Wildman–Crippen MR) is 110 cm³/mol. The molecule has 1 saturated heterocycles. The predicted octanol–water partition coefficient (Wildman–Crippen LogP) is 2.77. The molecule has 2 N–H and O–H groups in total. The van der Waals surface area contributed by atoms with Crippen LogP contribution < -0.4 is 15.8 Å². The number of anilines is 1. The first kappa shape index (κ1) is 18.7. The number of aromatic nitrogens is 1. The Hall–Kier alpha value is -3.61. The maximum Gasteiger partial charge on any atom is 0.271 e. The number of nitrogens with one attached hydrogen (secondary N) is 2. The molecule has 1 aromatic heterocycles. The molecule has 1 aliphatic heterocycles. The molecule has 0 bridgehead atoms. The molecule has 0 aliphatic carbocycles. The van der Waals surface area contributed by atoms with E-state index in [9.17, 15) is 14.4 Å². The van der Waals surface area contributed by atoms with Gasteiger partial charge in [0.05, 0.1) is 5.56 Å². The largest absolute Gasteiger partial charge is 0.350 e. The molecule has 2 aromatic carbocycles. The van der Waals surface area contributed by atoms with E-state index in [1.165, 1.54) is 0 Å². The van der Waals surface area contributed by atoms with Gasteiger partial charge in [-0.05, 0) is 43.2 Å². The highest BCUT2D eigenvalue weighted by atomic mass is 16.2. The molecule has 0 unspecified atom stereocenters. The molecule has 3 aromatic rings. The summed E-state index contributed by atoms with van der Waals surface area (Å²) in [6.07, 6.45) is 4.19. The van der Waals surface area contributed by atoms with E-state index < -0.39 is 5.91 Å². The Labute approximate surface area is 168 Å². The van der Waals surface area contributed by atoms with Gasteiger partial charge in [-0.25, -0.2) is 0 Å². The van der Waals surface area contributed by atoms with Gasteiger partial charge in [0.15, 0.2) is 0 Å². The summed E-state index contributed by atoms with van der Waals surface area (Å²) in [4.78, 5) is 38.7. The maximum atomic E-state index is 12.5. The van der Waals surface area contributed by atoms with Crippen LogP contribution in [0.4, 0.5) is 5.69 Å². The number of piperidine rings is 1. The minimum absolute atomic E-state index is 0.107. The van der Waals surface area contributed by atoms with Crippen LogP contribution in [0.15, 0.2) is 54.7 Å². The minimum atomic E-state index is -0.421. The van der Waals surface area contributed by atoms with E-state index in [0.717, 1.165) is 29.4 Å². The van der Waals surface area contributed by atoms with Crippen molar-refractivity contribution in [3.8, 4) is 0 Å². The van der Waals surface area contributed by atoms with Crippen LogP contribution in [-0.2, 0) is 11.8 Å². The number of hydrogen-bond acceptors (Lipinski definition) is 3. The fourth-order valence-electron chi connectivity index (χ4n) is 3.65. The first-order chi connectivity index (χ1) is 14.0. The third-order valence-corrected chi connectivity index (χ3v) is 5.20. The number of para-hydroxylation sites is 1. The van der Waals surface area contributed by atoms with Gasteiger partial charge >= 0.3 is 0 Å². The molecule has 0 radical (unpaired) electrons. The maximum absolute atomic E-state index is 12.5. The highest BCUT2D eigenvalue weighted by Crippen LogP contribution is 2.22. The van der Waals surface area contributed by atoms with Crippen LogP contribution in [0.1, 0.15) is 40.0 Å². The first-order valence-corrected chi connectivity index (χ1v) is 9.60. The van der Waals surface area contributed by atoms with E-state index >= 15 is 0 Å². The number of carbonyl (C=O) groups is 3. The Morgan fingerprint density at radius 1 is 0.931 bits per heavy atom. The van der Waals surface area contributed by atoms with Gasteiger partial charge in [-0.2, -0.15) is 0 Å². The first-order valence-electron chi connectivity index (χ1n) is 9.60. The quantitative estimate of drug-likeness (QED) is 0.675. The highest BCUT2D eigenvalue weighted by molar-refractivity contribution is 6.08. The average molecular weight is 390 g/mol. The molecule has 0 spiro atoms. The summed E-state index contributed by atoms with van der Waals surface area (Å²) >= 11 is 0.